The highest BCUT2D eigenvalue weighted by Gasteiger charge is 2.27. The van der Waals surface area contributed by atoms with Gasteiger partial charge in [0.15, 0.2) is 5.78 Å². The third kappa shape index (κ3) is 5.93. The molecular formula is C28H34ClN3O3. The standard InChI is InChI=1S/C28H34ClN3O3/c1-7-16-31(26(34)19-8-10-20(11-9-19)28(4,5)6)17-23(33)24-25(18(2)3)30-32(27(24)35)22-14-12-21(29)13-15-22/h8-15,18,30H,7,16-17H2,1-6H3. The average Bonchev–Trinajstić information content (AvgIpc) is 3.16. The van der Waals surface area contributed by atoms with Crippen LogP contribution in [0.4, 0.5) is 0 Å². The summed E-state index contributed by atoms with van der Waals surface area (Å²) in [6.45, 7) is 12.4. The van der Waals surface area contributed by atoms with Crippen LogP contribution in [0.5, 0.6) is 0 Å². The molecule has 0 fully saturated rings. The second kappa shape index (κ2) is 10.6. The second-order valence-corrected chi connectivity index (χ2v) is 10.6. The minimum atomic E-state index is -0.431. The zero-order valence-electron chi connectivity index (χ0n) is 21.3. The first-order valence-electron chi connectivity index (χ1n) is 12.0. The molecule has 7 heteroatoms. The van der Waals surface area contributed by atoms with Gasteiger partial charge in [0.2, 0.25) is 0 Å². The highest BCUT2D eigenvalue weighted by atomic mass is 35.5. The number of nitrogens with zero attached hydrogens (tertiary/aromatic N) is 2. The number of aromatic nitrogens is 2. The Kier molecular flexibility index (Phi) is 8.06. The van der Waals surface area contributed by atoms with Gasteiger partial charge in [0.05, 0.1) is 17.9 Å². The molecule has 35 heavy (non-hydrogen) atoms. The number of amides is 1. The van der Waals surface area contributed by atoms with E-state index < -0.39 is 5.56 Å². The molecule has 0 bridgehead atoms. The number of aromatic amines is 1. The zero-order valence-corrected chi connectivity index (χ0v) is 22.1. The summed E-state index contributed by atoms with van der Waals surface area (Å²) >= 11 is 5.99. The third-order valence-corrected chi connectivity index (χ3v) is 6.22. The van der Waals surface area contributed by atoms with Crippen LogP contribution in [0.15, 0.2) is 53.3 Å². The van der Waals surface area contributed by atoms with E-state index in [1.807, 2.05) is 32.9 Å². The predicted molar refractivity (Wildman–Crippen MR) is 141 cm³/mol. The van der Waals surface area contributed by atoms with Crippen LogP contribution in [0.25, 0.3) is 5.69 Å². The number of nitrogens with one attached hydrogen (secondary N) is 1. The van der Waals surface area contributed by atoms with Crippen molar-refractivity contribution >= 4 is 23.3 Å². The molecule has 2 aromatic carbocycles. The summed E-state index contributed by atoms with van der Waals surface area (Å²) in [5.41, 5.74) is 2.42. The lowest BCUT2D eigenvalue weighted by atomic mass is 9.86. The fourth-order valence-electron chi connectivity index (χ4n) is 3.98. The maximum atomic E-state index is 13.4. The van der Waals surface area contributed by atoms with Crippen LogP contribution in [-0.4, -0.2) is 39.5 Å². The summed E-state index contributed by atoms with van der Waals surface area (Å²) in [7, 11) is 0. The van der Waals surface area contributed by atoms with Crippen LogP contribution in [0.3, 0.4) is 0 Å². The van der Waals surface area contributed by atoms with Gasteiger partial charge in [-0.05, 0) is 59.7 Å². The highest BCUT2D eigenvalue weighted by Crippen LogP contribution is 2.23. The van der Waals surface area contributed by atoms with E-state index >= 15 is 0 Å². The Morgan fingerprint density at radius 2 is 1.63 bits per heavy atom. The van der Waals surface area contributed by atoms with Crippen LogP contribution < -0.4 is 5.56 Å². The molecule has 0 radical (unpaired) electrons. The number of benzene rings is 2. The van der Waals surface area contributed by atoms with Crippen molar-refractivity contribution in [1.29, 1.82) is 0 Å². The molecular weight excluding hydrogens is 462 g/mol. The number of rotatable bonds is 8. The van der Waals surface area contributed by atoms with Crippen molar-refractivity contribution in [2.45, 2.75) is 59.3 Å². The van der Waals surface area contributed by atoms with Gasteiger partial charge in [0.25, 0.3) is 11.5 Å². The number of hydrogen-bond acceptors (Lipinski definition) is 3. The summed E-state index contributed by atoms with van der Waals surface area (Å²) < 4.78 is 1.36. The predicted octanol–water partition coefficient (Wildman–Crippen LogP) is 5.98. The Balaban J connectivity index is 1.93. The van der Waals surface area contributed by atoms with Crippen molar-refractivity contribution in [2.24, 2.45) is 0 Å². The van der Waals surface area contributed by atoms with Crippen molar-refractivity contribution in [1.82, 2.24) is 14.7 Å². The first kappa shape index (κ1) is 26.5. The monoisotopic (exact) mass is 495 g/mol. The minimum absolute atomic E-state index is 0.0217. The van der Waals surface area contributed by atoms with Gasteiger partial charge in [0, 0.05) is 17.1 Å². The lowest BCUT2D eigenvalue weighted by molar-refractivity contribution is 0.0709. The highest BCUT2D eigenvalue weighted by molar-refractivity contribution is 6.30. The largest absolute Gasteiger partial charge is 0.331 e. The molecule has 0 spiro atoms. The molecule has 186 valence electrons. The van der Waals surface area contributed by atoms with Gasteiger partial charge in [-0.15, -0.1) is 0 Å². The second-order valence-electron chi connectivity index (χ2n) is 10.1. The normalized spacial score (nSPS) is 11.7. The molecule has 0 saturated carbocycles. The van der Waals surface area contributed by atoms with Crippen molar-refractivity contribution in [3.05, 3.63) is 86.3 Å². The van der Waals surface area contributed by atoms with Gasteiger partial charge >= 0.3 is 0 Å². The maximum absolute atomic E-state index is 13.4. The molecule has 0 unspecified atom stereocenters. The summed E-state index contributed by atoms with van der Waals surface area (Å²) in [4.78, 5) is 41.6. The van der Waals surface area contributed by atoms with Crippen molar-refractivity contribution in [2.75, 3.05) is 13.1 Å². The fraction of sp³-hybridized carbons (Fsp3) is 0.393. The number of carbonyl (C=O) groups excluding carboxylic acids is 2. The van der Waals surface area contributed by atoms with Gasteiger partial charge in [-0.25, -0.2) is 4.68 Å². The molecule has 0 aliphatic carbocycles. The van der Waals surface area contributed by atoms with Crippen LogP contribution in [0, 0.1) is 0 Å². The smallest absolute Gasteiger partial charge is 0.282 e. The maximum Gasteiger partial charge on any atom is 0.282 e. The first-order chi connectivity index (χ1) is 16.4. The first-order valence-corrected chi connectivity index (χ1v) is 12.4. The Labute approximate surface area is 211 Å². The van der Waals surface area contributed by atoms with Gasteiger partial charge in [-0.1, -0.05) is 65.3 Å². The summed E-state index contributed by atoms with van der Waals surface area (Å²) in [5.74, 6) is -0.688. The number of carbonyl (C=O) groups is 2. The van der Waals surface area contributed by atoms with Crippen molar-refractivity contribution in [3.63, 3.8) is 0 Å². The van der Waals surface area contributed by atoms with Gasteiger partial charge in [-0.2, -0.15) is 0 Å². The number of halogens is 1. The van der Waals surface area contributed by atoms with E-state index in [0.717, 1.165) is 5.56 Å². The van der Waals surface area contributed by atoms with Gasteiger partial charge in [0.1, 0.15) is 5.56 Å². The SMILES string of the molecule is CCCN(CC(=O)c1c(C(C)C)[nH]n(-c2ccc(Cl)cc2)c1=O)C(=O)c1ccc(C(C)(C)C)cc1. The molecule has 1 heterocycles. The van der Waals surface area contributed by atoms with Crippen molar-refractivity contribution in [3.8, 4) is 5.69 Å². The zero-order chi connectivity index (χ0) is 25.9. The van der Waals surface area contributed by atoms with E-state index in [1.165, 1.54) is 9.58 Å². The number of hydrogen-bond donors (Lipinski definition) is 1. The molecule has 1 N–H and O–H groups in total. The molecule has 0 aliphatic rings. The van der Waals surface area contributed by atoms with Gasteiger partial charge in [-0.3, -0.25) is 19.5 Å². The average molecular weight is 496 g/mol. The fourth-order valence-corrected chi connectivity index (χ4v) is 4.11. The minimum Gasteiger partial charge on any atom is -0.331 e. The van der Waals surface area contributed by atoms with E-state index in [2.05, 4.69) is 25.9 Å². The molecule has 3 aromatic rings. The van der Waals surface area contributed by atoms with E-state index in [9.17, 15) is 14.4 Å². The van der Waals surface area contributed by atoms with Crippen LogP contribution >= 0.6 is 11.6 Å². The van der Waals surface area contributed by atoms with E-state index in [0.29, 0.717) is 34.9 Å². The number of ketones is 1. The van der Waals surface area contributed by atoms with Gasteiger partial charge < -0.3 is 4.90 Å². The molecule has 1 aromatic heterocycles. The third-order valence-electron chi connectivity index (χ3n) is 5.97. The molecule has 1 amide bonds. The molecule has 0 atom stereocenters. The number of Topliss-reactive ketones (excluding diaryl/α,β-unsaturated/α-hetero) is 1. The number of H-pyrrole nitrogens is 1. The van der Waals surface area contributed by atoms with E-state index in [-0.39, 0.29) is 35.1 Å². The Bertz CT molecular complexity index is 1250. The van der Waals surface area contributed by atoms with E-state index in [4.69, 9.17) is 11.6 Å². The molecule has 0 saturated heterocycles. The Hall–Kier alpha value is -3.12. The molecule has 6 nitrogen and oxygen atoms in total. The Morgan fingerprint density at radius 3 is 2.14 bits per heavy atom. The molecule has 3 rings (SSSR count). The lowest BCUT2D eigenvalue weighted by Gasteiger charge is -2.23. The van der Waals surface area contributed by atoms with E-state index in [1.54, 1.807) is 36.4 Å². The van der Waals surface area contributed by atoms with Crippen LogP contribution in [0.1, 0.15) is 85.9 Å². The summed E-state index contributed by atoms with van der Waals surface area (Å²) in [6, 6.07) is 14.3. The summed E-state index contributed by atoms with van der Waals surface area (Å²) in [5, 5.41) is 3.64. The lowest BCUT2D eigenvalue weighted by Crippen LogP contribution is -2.38. The topological polar surface area (TPSA) is 75.2 Å². The quantitative estimate of drug-likeness (QED) is 0.391. The molecule has 0 aliphatic heterocycles. The Morgan fingerprint density at radius 1 is 1.03 bits per heavy atom. The van der Waals surface area contributed by atoms with Crippen molar-refractivity contribution < 1.29 is 9.59 Å². The van der Waals surface area contributed by atoms with Crippen LogP contribution in [-0.2, 0) is 5.41 Å². The summed E-state index contributed by atoms with van der Waals surface area (Å²) in [6.07, 6.45) is 0.693. The van der Waals surface area contributed by atoms with Crippen LogP contribution in [0.2, 0.25) is 5.02 Å².